The number of aromatic nitrogens is 1. The van der Waals surface area contributed by atoms with Gasteiger partial charge in [0.2, 0.25) is 0 Å². The second-order valence-corrected chi connectivity index (χ2v) is 5.73. The molecule has 0 spiro atoms. The summed E-state index contributed by atoms with van der Waals surface area (Å²) < 4.78 is 5.32. The smallest absolute Gasteiger partial charge is 0.255 e. The van der Waals surface area contributed by atoms with Gasteiger partial charge >= 0.3 is 0 Å². The Labute approximate surface area is 153 Å². The molecule has 3 aromatic rings. The van der Waals surface area contributed by atoms with Gasteiger partial charge in [-0.05, 0) is 23.8 Å². The highest BCUT2D eigenvalue weighted by molar-refractivity contribution is 5.98. The van der Waals surface area contributed by atoms with Gasteiger partial charge in [-0.1, -0.05) is 48.5 Å². The van der Waals surface area contributed by atoms with E-state index in [1.54, 1.807) is 25.4 Å². The zero-order chi connectivity index (χ0) is 18.2. The van der Waals surface area contributed by atoms with Crippen LogP contribution in [0.25, 0.3) is 0 Å². The van der Waals surface area contributed by atoms with Crippen molar-refractivity contribution in [2.45, 2.75) is 13.1 Å². The lowest BCUT2D eigenvalue weighted by Crippen LogP contribution is -2.24. The summed E-state index contributed by atoms with van der Waals surface area (Å²) in [6.07, 6.45) is 1.67. The van der Waals surface area contributed by atoms with Crippen LogP contribution in [-0.2, 0) is 13.1 Å². The molecule has 3 rings (SSSR count). The molecule has 1 aromatic heterocycles. The second kappa shape index (κ2) is 8.67. The Balaban J connectivity index is 1.67. The lowest BCUT2D eigenvalue weighted by molar-refractivity contribution is 0.0951. The molecule has 2 aromatic carbocycles. The second-order valence-electron chi connectivity index (χ2n) is 5.73. The van der Waals surface area contributed by atoms with Gasteiger partial charge in [0.05, 0.1) is 12.7 Å². The summed E-state index contributed by atoms with van der Waals surface area (Å²) >= 11 is 0. The Morgan fingerprint density at radius 3 is 2.54 bits per heavy atom. The van der Waals surface area contributed by atoms with Gasteiger partial charge in [0.1, 0.15) is 11.6 Å². The Bertz CT molecular complexity index is 866. The van der Waals surface area contributed by atoms with Crippen LogP contribution in [0.2, 0.25) is 0 Å². The number of pyridine rings is 1. The van der Waals surface area contributed by atoms with Crippen LogP contribution in [-0.4, -0.2) is 18.0 Å². The average molecular weight is 347 g/mol. The molecule has 0 aliphatic heterocycles. The van der Waals surface area contributed by atoms with Gasteiger partial charge in [-0.25, -0.2) is 4.98 Å². The van der Waals surface area contributed by atoms with Crippen LogP contribution >= 0.6 is 0 Å². The highest BCUT2D eigenvalue weighted by Gasteiger charge is 2.12. The molecule has 0 saturated heterocycles. The SMILES string of the molecule is COc1ccccc1CNC(=O)c1cccnc1NCc1ccccc1. The summed E-state index contributed by atoms with van der Waals surface area (Å²) in [6, 6.07) is 21.1. The van der Waals surface area contributed by atoms with Crippen LogP contribution in [0.15, 0.2) is 72.9 Å². The molecule has 1 heterocycles. The van der Waals surface area contributed by atoms with Gasteiger partial charge in [-0.2, -0.15) is 0 Å². The monoisotopic (exact) mass is 347 g/mol. The number of anilines is 1. The zero-order valence-electron chi connectivity index (χ0n) is 14.6. The summed E-state index contributed by atoms with van der Waals surface area (Å²) in [5.74, 6) is 1.13. The van der Waals surface area contributed by atoms with Crippen molar-refractivity contribution in [1.29, 1.82) is 0 Å². The van der Waals surface area contributed by atoms with E-state index in [4.69, 9.17) is 4.74 Å². The van der Waals surface area contributed by atoms with Crippen LogP contribution < -0.4 is 15.4 Å². The van der Waals surface area contributed by atoms with E-state index in [-0.39, 0.29) is 5.91 Å². The maximum absolute atomic E-state index is 12.6. The molecule has 0 bridgehead atoms. The summed E-state index contributed by atoms with van der Waals surface area (Å²) in [7, 11) is 1.62. The van der Waals surface area contributed by atoms with Gasteiger partial charge in [0.15, 0.2) is 0 Å². The molecular weight excluding hydrogens is 326 g/mol. The van der Waals surface area contributed by atoms with Crippen molar-refractivity contribution in [2.75, 3.05) is 12.4 Å². The average Bonchev–Trinajstić information content (AvgIpc) is 2.71. The van der Waals surface area contributed by atoms with Crippen molar-refractivity contribution in [3.8, 4) is 5.75 Å². The molecule has 132 valence electrons. The molecular formula is C21H21N3O2. The van der Waals surface area contributed by atoms with E-state index >= 15 is 0 Å². The summed E-state index contributed by atoms with van der Waals surface area (Å²) in [5.41, 5.74) is 2.56. The minimum Gasteiger partial charge on any atom is -0.496 e. The maximum atomic E-state index is 12.6. The normalized spacial score (nSPS) is 10.2. The topological polar surface area (TPSA) is 63.2 Å². The molecule has 0 atom stereocenters. The number of nitrogens with zero attached hydrogens (tertiary/aromatic N) is 1. The highest BCUT2D eigenvalue weighted by atomic mass is 16.5. The third-order valence-electron chi connectivity index (χ3n) is 3.99. The van der Waals surface area contributed by atoms with Gasteiger partial charge in [0, 0.05) is 24.8 Å². The van der Waals surface area contributed by atoms with Gasteiger partial charge in [-0.15, -0.1) is 0 Å². The summed E-state index contributed by atoms with van der Waals surface area (Å²) in [6.45, 7) is 0.987. The zero-order valence-corrected chi connectivity index (χ0v) is 14.6. The molecule has 0 radical (unpaired) electrons. The number of amides is 1. The number of benzene rings is 2. The maximum Gasteiger partial charge on any atom is 0.255 e. The van der Waals surface area contributed by atoms with Crippen LogP contribution in [0.4, 0.5) is 5.82 Å². The standard InChI is InChI=1S/C21H21N3O2/c1-26-19-12-6-5-10-17(19)15-24-21(25)18-11-7-13-22-20(18)23-14-16-8-3-2-4-9-16/h2-13H,14-15H2,1H3,(H,22,23)(H,24,25). The van der Waals surface area contributed by atoms with Gasteiger partial charge < -0.3 is 15.4 Å². The van der Waals surface area contributed by atoms with E-state index in [2.05, 4.69) is 15.6 Å². The summed E-state index contributed by atoms with van der Waals surface area (Å²) in [5, 5.41) is 6.16. The first-order valence-corrected chi connectivity index (χ1v) is 8.41. The predicted molar refractivity (Wildman–Crippen MR) is 102 cm³/mol. The van der Waals surface area contributed by atoms with Crippen molar-refractivity contribution < 1.29 is 9.53 Å². The first-order valence-electron chi connectivity index (χ1n) is 8.41. The largest absolute Gasteiger partial charge is 0.496 e. The fourth-order valence-corrected chi connectivity index (χ4v) is 2.63. The van der Waals surface area contributed by atoms with Crippen molar-refractivity contribution in [2.24, 2.45) is 0 Å². The van der Waals surface area contributed by atoms with E-state index < -0.39 is 0 Å². The quantitative estimate of drug-likeness (QED) is 0.685. The van der Waals surface area contributed by atoms with E-state index in [1.807, 2.05) is 54.6 Å². The number of hydrogen-bond acceptors (Lipinski definition) is 4. The minimum absolute atomic E-state index is 0.181. The van der Waals surface area contributed by atoms with E-state index in [9.17, 15) is 4.79 Å². The molecule has 5 heteroatoms. The van der Waals surface area contributed by atoms with Crippen LogP contribution in [0.3, 0.4) is 0 Å². The van der Waals surface area contributed by atoms with Gasteiger partial charge in [0.25, 0.3) is 5.91 Å². The number of carbonyl (C=O) groups is 1. The van der Waals surface area contributed by atoms with E-state index in [1.165, 1.54) is 0 Å². The van der Waals surface area contributed by atoms with Crippen molar-refractivity contribution in [1.82, 2.24) is 10.3 Å². The summed E-state index contributed by atoms with van der Waals surface area (Å²) in [4.78, 5) is 16.9. The molecule has 26 heavy (non-hydrogen) atoms. The minimum atomic E-state index is -0.181. The van der Waals surface area contributed by atoms with E-state index in [0.717, 1.165) is 16.9 Å². The predicted octanol–water partition coefficient (Wildman–Crippen LogP) is 3.63. The van der Waals surface area contributed by atoms with Crippen LogP contribution in [0.5, 0.6) is 5.75 Å². The number of carbonyl (C=O) groups excluding carboxylic acids is 1. The third-order valence-corrected chi connectivity index (χ3v) is 3.99. The van der Waals surface area contributed by atoms with Crippen molar-refractivity contribution in [3.63, 3.8) is 0 Å². The third kappa shape index (κ3) is 4.39. The highest BCUT2D eigenvalue weighted by Crippen LogP contribution is 2.18. The Morgan fingerprint density at radius 2 is 1.73 bits per heavy atom. The van der Waals surface area contributed by atoms with Crippen LogP contribution in [0, 0.1) is 0 Å². The molecule has 2 N–H and O–H groups in total. The Morgan fingerprint density at radius 1 is 0.962 bits per heavy atom. The number of ether oxygens (including phenoxy) is 1. The van der Waals surface area contributed by atoms with Crippen molar-refractivity contribution in [3.05, 3.63) is 89.6 Å². The number of rotatable bonds is 7. The lowest BCUT2D eigenvalue weighted by atomic mass is 10.2. The first kappa shape index (κ1) is 17.5. The molecule has 0 aliphatic carbocycles. The van der Waals surface area contributed by atoms with Crippen LogP contribution in [0.1, 0.15) is 21.5 Å². The number of nitrogens with one attached hydrogen (secondary N) is 2. The number of para-hydroxylation sites is 1. The molecule has 1 amide bonds. The molecule has 0 aliphatic rings. The number of methoxy groups -OCH3 is 1. The molecule has 0 unspecified atom stereocenters. The van der Waals surface area contributed by atoms with Crippen molar-refractivity contribution >= 4 is 11.7 Å². The number of hydrogen-bond donors (Lipinski definition) is 2. The molecule has 0 saturated carbocycles. The Kier molecular flexibility index (Phi) is 5.83. The fourth-order valence-electron chi connectivity index (χ4n) is 2.63. The fraction of sp³-hybridized carbons (Fsp3) is 0.143. The van der Waals surface area contributed by atoms with Gasteiger partial charge in [-0.3, -0.25) is 4.79 Å². The lowest BCUT2D eigenvalue weighted by Gasteiger charge is -2.12. The first-order chi connectivity index (χ1) is 12.8. The Hall–Kier alpha value is -3.34. The molecule has 5 nitrogen and oxygen atoms in total. The van der Waals surface area contributed by atoms with E-state index in [0.29, 0.717) is 24.5 Å². The molecule has 0 fully saturated rings.